The number of rotatable bonds is 4. The highest BCUT2D eigenvalue weighted by Gasteiger charge is 2.57. The van der Waals surface area contributed by atoms with E-state index < -0.39 is 35.4 Å². The van der Waals surface area contributed by atoms with Crippen molar-refractivity contribution in [3.63, 3.8) is 0 Å². The van der Waals surface area contributed by atoms with Gasteiger partial charge in [0, 0.05) is 0 Å². The number of aromatic nitrogens is 3. The summed E-state index contributed by atoms with van der Waals surface area (Å²) in [5.41, 5.74) is -2.17. The number of hydrogen-bond acceptors (Lipinski definition) is 8. The molecular formula is C16H18N4O6. The van der Waals surface area contributed by atoms with Crippen LogP contribution in [0.2, 0.25) is 0 Å². The second-order valence-corrected chi connectivity index (χ2v) is 6.36. The van der Waals surface area contributed by atoms with E-state index in [1.54, 1.807) is 13.8 Å². The van der Waals surface area contributed by atoms with Gasteiger partial charge in [0.1, 0.15) is 42.8 Å². The third kappa shape index (κ3) is 2.66. The average molecular weight is 362 g/mol. The molecule has 138 valence electrons. The van der Waals surface area contributed by atoms with Crippen molar-refractivity contribution in [1.29, 1.82) is 5.26 Å². The summed E-state index contributed by atoms with van der Waals surface area (Å²) in [4.78, 5) is 25.9. The summed E-state index contributed by atoms with van der Waals surface area (Å²) < 4.78 is 11.8. The highest BCUT2D eigenvalue weighted by molar-refractivity contribution is 5.71. The van der Waals surface area contributed by atoms with Gasteiger partial charge in [-0.1, -0.05) is 13.8 Å². The van der Waals surface area contributed by atoms with E-state index in [2.05, 4.69) is 10.1 Å². The molecule has 10 heteroatoms. The van der Waals surface area contributed by atoms with E-state index in [1.807, 2.05) is 6.07 Å². The predicted octanol–water partition coefficient (Wildman–Crippen LogP) is -0.939. The van der Waals surface area contributed by atoms with Gasteiger partial charge >= 0.3 is 5.97 Å². The van der Waals surface area contributed by atoms with Crippen LogP contribution in [-0.2, 0) is 19.9 Å². The minimum atomic E-state index is -1.97. The largest absolute Gasteiger partial charge is 0.463 e. The zero-order valence-corrected chi connectivity index (χ0v) is 14.1. The fourth-order valence-electron chi connectivity index (χ4n) is 2.87. The van der Waals surface area contributed by atoms with Crippen LogP contribution in [0.3, 0.4) is 0 Å². The smallest absolute Gasteiger partial charge is 0.308 e. The molecule has 4 atom stereocenters. The Labute approximate surface area is 147 Å². The lowest BCUT2D eigenvalue weighted by Gasteiger charge is -2.24. The van der Waals surface area contributed by atoms with Crippen LogP contribution in [0.25, 0.3) is 5.52 Å². The first-order valence-corrected chi connectivity index (χ1v) is 7.99. The second kappa shape index (κ2) is 6.53. The molecule has 1 aliphatic heterocycles. The van der Waals surface area contributed by atoms with Crippen LogP contribution in [0.1, 0.15) is 19.5 Å². The quantitative estimate of drug-likeness (QED) is 0.590. The molecule has 0 amide bonds. The number of nitrogens with one attached hydrogen (secondary N) is 1. The Morgan fingerprint density at radius 2 is 2.27 bits per heavy atom. The number of fused-ring (bicyclic) bond motifs is 1. The number of ether oxygens (including phenoxy) is 2. The van der Waals surface area contributed by atoms with Gasteiger partial charge in [-0.15, -0.1) is 0 Å². The first-order valence-electron chi connectivity index (χ1n) is 7.99. The monoisotopic (exact) mass is 362 g/mol. The number of carbonyl (C=O) groups excluding carboxylic acids is 1. The second-order valence-electron chi connectivity index (χ2n) is 6.36. The third-order valence-corrected chi connectivity index (χ3v) is 4.32. The number of esters is 1. The number of aliphatic hydroxyl groups is 2. The van der Waals surface area contributed by atoms with Crippen molar-refractivity contribution in [3.8, 4) is 6.07 Å². The molecule has 0 radical (unpaired) electrons. The van der Waals surface area contributed by atoms with Crippen LogP contribution in [0.5, 0.6) is 0 Å². The maximum Gasteiger partial charge on any atom is 0.308 e. The predicted molar refractivity (Wildman–Crippen MR) is 85.8 cm³/mol. The first-order chi connectivity index (χ1) is 12.3. The molecule has 1 fully saturated rings. The van der Waals surface area contributed by atoms with E-state index in [4.69, 9.17) is 9.47 Å². The summed E-state index contributed by atoms with van der Waals surface area (Å²) in [7, 11) is 0. The highest BCUT2D eigenvalue weighted by atomic mass is 16.6. The summed E-state index contributed by atoms with van der Waals surface area (Å²) in [5, 5.41) is 34.5. The van der Waals surface area contributed by atoms with E-state index in [-0.39, 0.29) is 23.7 Å². The van der Waals surface area contributed by atoms with Gasteiger partial charge < -0.3 is 24.7 Å². The summed E-state index contributed by atoms with van der Waals surface area (Å²) in [6.07, 6.45) is -3.07. The van der Waals surface area contributed by atoms with Crippen molar-refractivity contribution in [3.05, 3.63) is 34.5 Å². The summed E-state index contributed by atoms with van der Waals surface area (Å²) in [5.74, 6) is -0.865. The normalized spacial score (nSPS) is 28.4. The zero-order chi connectivity index (χ0) is 19.1. The lowest BCUT2D eigenvalue weighted by molar-refractivity contribution is -0.154. The molecule has 0 aromatic carbocycles. The molecule has 10 nitrogen and oxygen atoms in total. The average Bonchev–Trinajstić information content (AvgIpc) is 3.15. The minimum absolute atomic E-state index is 0.0883. The van der Waals surface area contributed by atoms with Gasteiger partial charge in [0.2, 0.25) is 5.60 Å². The fourth-order valence-corrected chi connectivity index (χ4v) is 2.87. The molecule has 0 saturated carbocycles. The van der Waals surface area contributed by atoms with Crippen molar-refractivity contribution in [2.45, 2.75) is 37.8 Å². The molecule has 1 saturated heterocycles. The molecule has 3 N–H and O–H groups in total. The van der Waals surface area contributed by atoms with Crippen molar-refractivity contribution in [2.75, 3.05) is 6.61 Å². The molecular weight excluding hydrogens is 344 g/mol. The number of H-pyrrole nitrogens is 1. The van der Waals surface area contributed by atoms with E-state index >= 15 is 0 Å². The molecule has 3 heterocycles. The van der Waals surface area contributed by atoms with Crippen molar-refractivity contribution in [1.82, 2.24) is 14.6 Å². The maximum absolute atomic E-state index is 11.8. The van der Waals surface area contributed by atoms with Crippen LogP contribution >= 0.6 is 0 Å². The Bertz CT molecular complexity index is 929. The Hall–Kier alpha value is -2.74. The lowest BCUT2D eigenvalue weighted by atomic mass is 9.92. The lowest BCUT2D eigenvalue weighted by Crippen LogP contribution is -2.41. The van der Waals surface area contributed by atoms with Crippen LogP contribution in [0, 0.1) is 17.2 Å². The van der Waals surface area contributed by atoms with Crippen LogP contribution in [0.15, 0.2) is 23.3 Å². The van der Waals surface area contributed by atoms with E-state index in [1.165, 1.54) is 16.6 Å². The summed E-state index contributed by atoms with van der Waals surface area (Å²) in [6.45, 7) is 2.98. The third-order valence-electron chi connectivity index (χ3n) is 4.32. The molecule has 0 bridgehead atoms. The van der Waals surface area contributed by atoms with E-state index in [0.717, 1.165) is 6.33 Å². The summed E-state index contributed by atoms with van der Waals surface area (Å²) >= 11 is 0. The number of aliphatic hydroxyl groups excluding tert-OH is 2. The molecule has 2 aromatic rings. The Balaban J connectivity index is 1.96. The molecule has 0 unspecified atom stereocenters. The highest BCUT2D eigenvalue weighted by Crippen LogP contribution is 2.39. The molecule has 0 aliphatic carbocycles. The van der Waals surface area contributed by atoms with Gasteiger partial charge in [-0.25, -0.2) is 4.52 Å². The molecule has 2 aromatic heterocycles. The Morgan fingerprint density at radius 3 is 2.92 bits per heavy atom. The maximum atomic E-state index is 11.8. The fraction of sp³-hybridized carbons (Fsp3) is 0.500. The number of carbonyl (C=O) groups is 1. The van der Waals surface area contributed by atoms with Crippen molar-refractivity contribution >= 4 is 11.5 Å². The standard InChI is InChI=1S/C16H18N4O6/c1-8(2)15(24)25-5-10-12(21)13(22)16(6-17,26-10)11-4-3-9-14(23)18-7-19-20(9)11/h3-4,7-8,10,12-13,21-22H,5H2,1-2H3,(H,18,19,23)/t10-,12-,13-,16+/m1/s1. The van der Waals surface area contributed by atoms with Gasteiger partial charge in [-0.2, -0.15) is 10.4 Å². The van der Waals surface area contributed by atoms with Crippen LogP contribution in [0.4, 0.5) is 0 Å². The van der Waals surface area contributed by atoms with E-state index in [9.17, 15) is 25.1 Å². The minimum Gasteiger partial charge on any atom is -0.463 e. The SMILES string of the molecule is CC(C)C(=O)OC[C@H]1O[C@@](C#N)(c2ccc3c(=O)[nH]cnn23)[C@H](O)[C@@H]1O. The zero-order valence-electron chi connectivity index (χ0n) is 14.1. The van der Waals surface area contributed by atoms with Gasteiger partial charge in [0.05, 0.1) is 11.6 Å². The van der Waals surface area contributed by atoms with E-state index in [0.29, 0.717) is 0 Å². The summed E-state index contributed by atoms with van der Waals surface area (Å²) in [6, 6.07) is 4.71. The molecule has 26 heavy (non-hydrogen) atoms. The molecule has 3 rings (SSSR count). The van der Waals surface area contributed by atoms with Crippen molar-refractivity contribution < 1.29 is 24.5 Å². The van der Waals surface area contributed by atoms with Gasteiger partial charge in [-0.3, -0.25) is 9.59 Å². The number of aromatic amines is 1. The van der Waals surface area contributed by atoms with Crippen LogP contribution < -0.4 is 5.56 Å². The Kier molecular flexibility index (Phi) is 4.53. The van der Waals surface area contributed by atoms with Gasteiger partial charge in [-0.05, 0) is 12.1 Å². The van der Waals surface area contributed by atoms with Crippen LogP contribution in [-0.4, -0.2) is 55.7 Å². The topological polar surface area (TPSA) is 150 Å². The molecule has 1 aliphatic rings. The van der Waals surface area contributed by atoms with Crippen molar-refractivity contribution in [2.24, 2.45) is 5.92 Å². The number of nitrogens with zero attached hydrogens (tertiary/aromatic N) is 3. The number of nitriles is 1. The van der Waals surface area contributed by atoms with Gasteiger partial charge in [0.15, 0.2) is 0 Å². The first kappa shape index (κ1) is 18.1. The molecule has 0 spiro atoms. The van der Waals surface area contributed by atoms with Gasteiger partial charge in [0.25, 0.3) is 5.56 Å². The number of hydrogen-bond donors (Lipinski definition) is 3. The Morgan fingerprint density at radius 1 is 1.54 bits per heavy atom.